The maximum atomic E-state index is 12.6. The second-order valence-electron chi connectivity index (χ2n) is 6.46. The molecule has 0 aliphatic heterocycles. The first-order valence-electron chi connectivity index (χ1n) is 9.40. The molecule has 0 atom stereocenters. The molecule has 0 radical (unpaired) electrons. The van der Waals surface area contributed by atoms with Gasteiger partial charge in [-0.05, 0) is 49.6 Å². The summed E-state index contributed by atoms with van der Waals surface area (Å²) in [5, 5.41) is 5.70. The number of hydrogen-bond donors (Lipinski definition) is 1. The van der Waals surface area contributed by atoms with Crippen LogP contribution in [0.15, 0.2) is 17.5 Å². The molecule has 2 aromatic heterocycles. The lowest BCUT2D eigenvalue weighted by Crippen LogP contribution is -2.17. The molecule has 1 amide bonds. The molecular weight excluding hydrogens is 398 g/mol. The highest BCUT2D eigenvalue weighted by atomic mass is 32.2. The van der Waals surface area contributed by atoms with Crippen molar-refractivity contribution >= 4 is 51.3 Å². The Hall–Kier alpha value is -1.31. The molecule has 0 spiro atoms. The van der Waals surface area contributed by atoms with Gasteiger partial charge in [0.25, 0.3) is 0 Å². The van der Waals surface area contributed by atoms with Gasteiger partial charge in [-0.1, -0.05) is 18.9 Å². The van der Waals surface area contributed by atoms with Crippen LogP contribution in [0.5, 0.6) is 0 Å². The fraction of sp³-hybridized carbons (Fsp3) is 0.500. The summed E-state index contributed by atoms with van der Waals surface area (Å²) in [6.45, 7) is 2.15. The Balaban J connectivity index is 1.71. The Morgan fingerprint density at radius 2 is 2.04 bits per heavy atom. The average Bonchev–Trinajstić information content (AvgIpc) is 3.23. The molecule has 0 aromatic carbocycles. The molecule has 0 fully saturated rings. The van der Waals surface area contributed by atoms with Crippen LogP contribution in [-0.2, 0) is 28.1 Å². The standard InChI is InChI=1S/C20H25NO3S3/c1-2-24-20(23)18-15-9-5-3-4-6-10-16(15)27-19(18)21-17(22)13-25-12-14-8-7-11-26-14/h7-8,11H,2-6,9-10,12-13H2,1H3,(H,21,22). The molecule has 7 heteroatoms. The van der Waals surface area contributed by atoms with Gasteiger partial charge in [0, 0.05) is 15.5 Å². The fourth-order valence-electron chi connectivity index (χ4n) is 3.23. The minimum atomic E-state index is -0.308. The number of ether oxygens (including phenoxy) is 1. The Morgan fingerprint density at radius 3 is 2.78 bits per heavy atom. The second kappa shape index (κ2) is 10.3. The van der Waals surface area contributed by atoms with E-state index in [1.807, 2.05) is 18.4 Å². The smallest absolute Gasteiger partial charge is 0.341 e. The first-order chi connectivity index (χ1) is 13.2. The molecular formula is C20H25NO3S3. The molecule has 4 nitrogen and oxygen atoms in total. The van der Waals surface area contributed by atoms with Gasteiger partial charge in [-0.3, -0.25) is 4.79 Å². The van der Waals surface area contributed by atoms with Gasteiger partial charge < -0.3 is 10.1 Å². The van der Waals surface area contributed by atoms with Crippen LogP contribution in [0.25, 0.3) is 0 Å². The van der Waals surface area contributed by atoms with Gasteiger partial charge in [0.2, 0.25) is 5.91 Å². The van der Waals surface area contributed by atoms with E-state index in [2.05, 4.69) is 11.4 Å². The first-order valence-corrected chi connectivity index (χ1v) is 12.3. The van der Waals surface area contributed by atoms with Crippen molar-refractivity contribution in [3.8, 4) is 0 Å². The summed E-state index contributed by atoms with van der Waals surface area (Å²) in [5.74, 6) is 0.841. The number of nitrogens with one attached hydrogen (secondary N) is 1. The third-order valence-electron chi connectivity index (χ3n) is 4.46. The predicted octanol–water partition coefficient (Wildman–Crippen LogP) is 5.52. The van der Waals surface area contributed by atoms with Gasteiger partial charge in [-0.25, -0.2) is 4.79 Å². The van der Waals surface area contributed by atoms with Crippen LogP contribution in [0.1, 0.15) is 58.3 Å². The predicted molar refractivity (Wildman–Crippen MR) is 115 cm³/mol. The SMILES string of the molecule is CCOC(=O)c1c(NC(=O)CSCc2cccs2)sc2c1CCCCCC2. The topological polar surface area (TPSA) is 55.4 Å². The zero-order valence-electron chi connectivity index (χ0n) is 15.5. The summed E-state index contributed by atoms with van der Waals surface area (Å²) < 4.78 is 5.29. The fourth-order valence-corrected chi connectivity index (χ4v) is 6.19. The molecule has 0 bridgehead atoms. The number of thiophene rings is 2. The van der Waals surface area contributed by atoms with Gasteiger partial charge in [0.15, 0.2) is 0 Å². The summed E-state index contributed by atoms with van der Waals surface area (Å²) in [7, 11) is 0. The Bertz CT molecular complexity index is 768. The number of anilines is 1. The van der Waals surface area contributed by atoms with Gasteiger partial charge in [-0.2, -0.15) is 0 Å². The van der Waals surface area contributed by atoms with Crippen LogP contribution in [0, 0.1) is 0 Å². The lowest BCUT2D eigenvalue weighted by molar-refractivity contribution is -0.113. The van der Waals surface area contributed by atoms with Crippen LogP contribution in [0.2, 0.25) is 0 Å². The maximum Gasteiger partial charge on any atom is 0.341 e. The quantitative estimate of drug-likeness (QED) is 0.596. The van der Waals surface area contributed by atoms with Crippen LogP contribution >= 0.6 is 34.4 Å². The number of rotatable bonds is 7. The maximum absolute atomic E-state index is 12.6. The summed E-state index contributed by atoms with van der Waals surface area (Å²) in [6, 6.07) is 4.10. The highest BCUT2D eigenvalue weighted by Gasteiger charge is 2.26. The van der Waals surface area contributed by atoms with Crippen molar-refractivity contribution in [1.29, 1.82) is 0 Å². The number of amides is 1. The van der Waals surface area contributed by atoms with Gasteiger partial charge in [-0.15, -0.1) is 34.4 Å². The van der Waals surface area contributed by atoms with E-state index in [-0.39, 0.29) is 11.9 Å². The lowest BCUT2D eigenvalue weighted by Gasteiger charge is -2.11. The number of thioether (sulfide) groups is 1. The number of esters is 1. The molecule has 0 unspecified atom stereocenters. The number of fused-ring (bicyclic) bond motifs is 1. The third kappa shape index (κ3) is 5.59. The second-order valence-corrected chi connectivity index (χ2v) is 9.59. The third-order valence-corrected chi connectivity index (χ3v) is 7.71. The van der Waals surface area contributed by atoms with Crippen LogP contribution in [-0.4, -0.2) is 24.2 Å². The lowest BCUT2D eigenvalue weighted by atomic mass is 9.96. The highest BCUT2D eigenvalue weighted by Crippen LogP contribution is 2.37. The minimum absolute atomic E-state index is 0.0590. The van der Waals surface area contributed by atoms with Crippen molar-refractivity contribution in [3.63, 3.8) is 0 Å². The molecule has 1 aliphatic carbocycles. The molecule has 3 rings (SSSR count). The number of carbonyl (C=O) groups excluding carboxylic acids is 2. The van der Waals surface area contributed by atoms with Crippen LogP contribution in [0.3, 0.4) is 0 Å². The molecule has 1 N–H and O–H groups in total. The molecule has 27 heavy (non-hydrogen) atoms. The number of hydrogen-bond acceptors (Lipinski definition) is 6. The van der Waals surface area contributed by atoms with Crippen molar-refractivity contribution in [3.05, 3.63) is 38.4 Å². The van der Waals surface area contributed by atoms with E-state index in [1.54, 1.807) is 34.4 Å². The molecule has 1 aliphatic rings. The van der Waals surface area contributed by atoms with E-state index in [0.29, 0.717) is 22.9 Å². The van der Waals surface area contributed by atoms with Gasteiger partial charge >= 0.3 is 5.97 Å². The van der Waals surface area contributed by atoms with E-state index in [4.69, 9.17) is 4.74 Å². The zero-order valence-corrected chi connectivity index (χ0v) is 18.0. The number of carbonyl (C=O) groups is 2. The normalized spacial score (nSPS) is 14.1. The summed E-state index contributed by atoms with van der Waals surface area (Å²) >= 11 is 4.85. The Kier molecular flexibility index (Phi) is 7.79. The van der Waals surface area contributed by atoms with E-state index in [1.165, 1.54) is 22.6 Å². The number of aryl methyl sites for hydroxylation is 1. The largest absolute Gasteiger partial charge is 0.462 e. The van der Waals surface area contributed by atoms with Crippen molar-refractivity contribution in [1.82, 2.24) is 0 Å². The molecule has 2 aromatic rings. The van der Waals surface area contributed by atoms with E-state index in [0.717, 1.165) is 37.0 Å². The van der Waals surface area contributed by atoms with Crippen molar-refractivity contribution < 1.29 is 14.3 Å². The van der Waals surface area contributed by atoms with Crippen molar-refractivity contribution in [2.75, 3.05) is 17.7 Å². The van der Waals surface area contributed by atoms with Crippen molar-refractivity contribution in [2.45, 2.75) is 51.2 Å². The van der Waals surface area contributed by atoms with E-state index in [9.17, 15) is 9.59 Å². The summed E-state index contributed by atoms with van der Waals surface area (Å²) in [5.41, 5.74) is 1.69. The summed E-state index contributed by atoms with van der Waals surface area (Å²) in [6.07, 6.45) is 6.52. The minimum Gasteiger partial charge on any atom is -0.462 e. The Morgan fingerprint density at radius 1 is 1.22 bits per heavy atom. The van der Waals surface area contributed by atoms with Crippen LogP contribution < -0.4 is 5.32 Å². The summed E-state index contributed by atoms with van der Waals surface area (Å²) in [4.78, 5) is 27.5. The molecule has 2 heterocycles. The van der Waals surface area contributed by atoms with Gasteiger partial charge in [0.1, 0.15) is 5.00 Å². The van der Waals surface area contributed by atoms with E-state index >= 15 is 0 Å². The molecule has 0 saturated heterocycles. The highest BCUT2D eigenvalue weighted by molar-refractivity contribution is 7.99. The molecule has 0 saturated carbocycles. The van der Waals surface area contributed by atoms with Crippen LogP contribution in [0.4, 0.5) is 5.00 Å². The van der Waals surface area contributed by atoms with Gasteiger partial charge in [0.05, 0.1) is 17.9 Å². The molecule has 146 valence electrons. The average molecular weight is 424 g/mol. The van der Waals surface area contributed by atoms with E-state index < -0.39 is 0 Å². The zero-order chi connectivity index (χ0) is 19.1. The van der Waals surface area contributed by atoms with Crippen molar-refractivity contribution in [2.24, 2.45) is 0 Å². The monoisotopic (exact) mass is 423 g/mol. The first kappa shape index (κ1) is 20.4. The Labute approximate surface area is 172 Å².